The smallest absolute Gasteiger partial charge is 0.227 e. The van der Waals surface area contributed by atoms with E-state index in [1.165, 1.54) is 6.42 Å². The lowest BCUT2D eigenvalue weighted by Crippen LogP contribution is -2.52. The standard InChI is InChI=1S/C14H21N3OS/c18-14(9-12-2-8-19-11-12)17-6-4-16(5-7-17)13-1-3-15-10-13/h2,8,11,13,15H,1,3-7,9-10H2. The van der Waals surface area contributed by atoms with Gasteiger partial charge in [0.15, 0.2) is 0 Å². The van der Waals surface area contributed by atoms with E-state index in [2.05, 4.69) is 15.6 Å². The van der Waals surface area contributed by atoms with Crippen LogP contribution in [0.25, 0.3) is 0 Å². The molecule has 2 saturated heterocycles. The average molecular weight is 279 g/mol. The number of rotatable bonds is 3. The van der Waals surface area contributed by atoms with Crippen molar-refractivity contribution < 1.29 is 4.79 Å². The van der Waals surface area contributed by atoms with E-state index in [1.807, 2.05) is 16.3 Å². The molecule has 1 aromatic heterocycles. The van der Waals surface area contributed by atoms with Gasteiger partial charge >= 0.3 is 0 Å². The number of nitrogens with one attached hydrogen (secondary N) is 1. The second kappa shape index (κ2) is 6.03. The summed E-state index contributed by atoms with van der Waals surface area (Å²) in [5.41, 5.74) is 1.15. The zero-order valence-corrected chi connectivity index (χ0v) is 12.0. The van der Waals surface area contributed by atoms with Crippen molar-refractivity contribution in [1.29, 1.82) is 0 Å². The summed E-state index contributed by atoms with van der Waals surface area (Å²) in [6.45, 7) is 6.09. The van der Waals surface area contributed by atoms with Crippen LogP contribution in [-0.4, -0.2) is 61.0 Å². The highest BCUT2D eigenvalue weighted by atomic mass is 32.1. The van der Waals surface area contributed by atoms with Gasteiger partial charge in [0.25, 0.3) is 0 Å². The van der Waals surface area contributed by atoms with Gasteiger partial charge in [-0.05, 0) is 35.4 Å². The van der Waals surface area contributed by atoms with Gasteiger partial charge in [-0.25, -0.2) is 0 Å². The number of amides is 1. The minimum atomic E-state index is 0.280. The number of hydrogen-bond donors (Lipinski definition) is 1. The fraction of sp³-hybridized carbons (Fsp3) is 0.643. The number of carbonyl (C=O) groups is 1. The summed E-state index contributed by atoms with van der Waals surface area (Å²) in [7, 11) is 0. The van der Waals surface area contributed by atoms with Gasteiger partial charge in [0.05, 0.1) is 6.42 Å². The largest absolute Gasteiger partial charge is 0.340 e. The maximum Gasteiger partial charge on any atom is 0.227 e. The first-order valence-corrected chi connectivity index (χ1v) is 8.01. The quantitative estimate of drug-likeness (QED) is 0.889. The Morgan fingerprint density at radius 3 is 2.84 bits per heavy atom. The van der Waals surface area contributed by atoms with Crippen molar-refractivity contribution >= 4 is 17.2 Å². The van der Waals surface area contributed by atoms with Crippen molar-refractivity contribution in [2.45, 2.75) is 18.9 Å². The summed E-state index contributed by atoms with van der Waals surface area (Å²) in [4.78, 5) is 16.8. The van der Waals surface area contributed by atoms with Crippen molar-refractivity contribution in [3.8, 4) is 0 Å². The van der Waals surface area contributed by atoms with E-state index in [0.717, 1.165) is 44.8 Å². The highest BCUT2D eigenvalue weighted by Crippen LogP contribution is 2.14. The molecule has 0 bridgehead atoms. The van der Waals surface area contributed by atoms with Crippen LogP contribution in [-0.2, 0) is 11.2 Å². The van der Waals surface area contributed by atoms with E-state index < -0.39 is 0 Å². The maximum atomic E-state index is 12.2. The predicted octanol–water partition coefficient (Wildman–Crippen LogP) is 0.797. The molecule has 2 fully saturated rings. The number of hydrogen-bond acceptors (Lipinski definition) is 4. The monoisotopic (exact) mass is 279 g/mol. The molecule has 3 rings (SSSR count). The molecule has 4 nitrogen and oxygen atoms in total. The molecule has 5 heteroatoms. The van der Waals surface area contributed by atoms with Gasteiger partial charge in [-0.15, -0.1) is 0 Å². The van der Waals surface area contributed by atoms with E-state index in [9.17, 15) is 4.79 Å². The lowest BCUT2D eigenvalue weighted by atomic mass is 10.1. The molecule has 0 spiro atoms. The molecule has 1 aromatic rings. The van der Waals surface area contributed by atoms with Crippen LogP contribution in [0.5, 0.6) is 0 Å². The van der Waals surface area contributed by atoms with Crippen LogP contribution in [0.4, 0.5) is 0 Å². The maximum absolute atomic E-state index is 12.2. The summed E-state index contributed by atoms with van der Waals surface area (Å²) in [6, 6.07) is 2.73. The van der Waals surface area contributed by atoms with E-state index in [-0.39, 0.29) is 5.91 Å². The second-order valence-electron chi connectivity index (χ2n) is 5.37. The Morgan fingerprint density at radius 1 is 1.37 bits per heavy atom. The average Bonchev–Trinajstić information content (AvgIpc) is 3.12. The van der Waals surface area contributed by atoms with Gasteiger partial charge in [-0.3, -0.25) is 9.69 Å². The normalized spacial score (nSPS) is 24.8. The summed E-state index contributed by atoms with van der Waals surface area (Å²) in [5, 5.41) is 7.52. The summed E-state index contributed by atoms with van der Waals surface area (Å²) >= 11 is 1.66. The molecule has 1 unspecified atom stereocenters. The van der Waals surface area contributed by atoms with E-state index in [1.54, 1.807) is 11.3 Å². The lowest BCUT2D eigenvalue weighted by molar-refractivity contribution is -0.132. The minimum Gasteiger partial charge on any atom is -0.340 e. The molecule has 104 valence electrons. The molecule has 2 aliphatic rings. The predicted molar refractivity (Wildman–Crippen MR) is 77.5 cm³/mol. The van der Waals surface area contributed by atoms with Crippen molar-refractivity contribution in [2.75, 3.05) is 39.3 Å². The third kappa shape index (κ3) is 3.16. The van der Waals surface area contributed by atoms with Gasteiger partial charge in [-0.2, -0.15) is 11.3 Å². The SMILES string of the molecule is O=C(Cc1ccsc1)N1CCN(C2CCNC2)CC1. The first-order valence-electron chi connectivity index (χ1n) is 7.06. The van der Waals surface area contributed by atoms with Gasteiger partial charge in [0, 0.05) is 38.8 Å². The Bertz CT molecular complexity index is 406. The molecule has 2 aliphatic heterocycles. The Hall–Kier alpha value is -0.910. The Balaban J connectivity index is 1.48. The third-order valence-electron chi connectivity index (χ3n) is 4.15. The molecule has 19 heavy (non-hydrogen) atoms. The highest BCUT2D eigenvalue weighted by Gasteiger charge is 2.27. The molecule has 1 atom stereocenters. The van der Waals surface area contributed by atoms with Crippen LogP contribution in [0.2, 0.25) is 0 Å². The number of nitrogens with zero attached hydrogens (tertiary/aromatic N) is 2. The van der Waals surface area contributed by atoms with Crippen molar-refractivity contribution in [3.05, 3.63) is 22.4 Å². The molecular weight excluding hydrogens is 258 g/mol. The highest BCUT2D eigenvalue weighted by molar-refractivity contribution is 7.07. The first kappa shape index (κ1) is 13.1. The van der Waals surface area contributed by atoms with E-state index >= 15 is 0 Å². The molecule has 0 radical (unpaired) electrons. The molecule has 3 heterocycles. The van der Waals surface area contributed by atoms with Gasteiger partial charge in [-0.1, -0.05) is 0 Å². The van der Waals surface area contributed by atoms with Crippen LogP contribution >= 0.6 is 11.3 Å². The molecule has 0 saturated carbocycles. The van der Waals surface area contributed by atoms with E-state index in [0.29, 0.717) is 12.5 Å². The first-order chi connectivity index (χ1) is 9.33. The number of carbonyl (C=O) groups excluding carboxylic acids is 1. The Labute approximate surface area is 118 Å². The fourth-order valence-electron chi connectivity index (χ4n) is 2.97. The van der Waals surface area contributed by atoms with Crippen molar-refractivity contribution in [1.82, 2.24) is 15.1 Å². The minimum absolute atomic E-state index is 0.280. The summed E-state index contributed by atoms with van der Waals surface area (Å²) in [6.07, 6.45) is 1.82. The van der Waals surface area contributed by atoms with Gasteiger partial charge in [0.1, 0.15) is 0 Å². The van der Waals surface area contributed by atoms with Crippen LogP contribution in [0.15, 0.2) is 16.8 Å². The van der Waals surface area contributed by atoms with Gasteiger partial charge in [0.2, 0.25) is 5.91 Å². The Kier molecular flexibility index (Phi) is 4.15. The van der Waals surface area contributed by atoms with Crippen molar-refractivity contribution in [2.24, 2.45) is 0 Å². The lowest BCUT2D eigenvalue weighted by Gasteiger charge is -2.37. The van der Waals surface area contributed by atoms with Gasteiger partial charge < -0.3 is 10.2 Å². The molecule has 1 N–H and O–H groups in total. The second-order valence-corrected chi connectivity index (χ2v) is 6.15. The number of thiophene rings is 1. The third-order valence-corrected chi connectivity index (χ3v) is 4.89. The van der Waals surface area contributed by atoms with Crippen molar-refractivity contribution in [3.63, 3.8) is 0 Å². The molecule has 0 aliphatic carbocycles. The summed E-state index contributed by atoms with van der Waals surface area (Å²) < 4.78 is 0. The molecular formula is C14H21N3OS. The summed E-state index contributed by atoms with van der Waals surface area (Å²) in [5.74, 6) is 0.280. The van der Waals surface area contributed by atoms with E-state index in [4.69, 9.17) is 0 Å². The Morgan fingerprint density at radius 2 is 2.21 bits per heavy atom. The van der Waals surface area contributed by atoms with Crippen LogP contribution in [0.1, 0.15) is 12.0 Å². The van der Waals surface area contributed by atoms with Crippen LogP contribution < -0.4 is 5.32 Å². The van der Waals surface area contributed by atoms with Crippen LogP contribution in [0, 0.1) is 0 Å². The van der Waals surface area contributed by atoms with Crippen LogP contribution in [0.3, 0.4) is 0 Å². The number of piperazine rings is 1. The zero-order valence-electron chi connectivity index (χ0n) is 11.2. The zero-order chi connectivity index (χ0) is 13.1. The fourth-order valence-corrected chi connectivity index (χ4v) is 3.64. The molecule has 0 aromatic carbocycles. The molecule has 1 amide bonds. The topological polar surface area (TPSA) is 35.6 Å².